The fourth-order valence-corrected chi connectivity index (χ4v) is 4.84. The van der Waals surface area contributed by atoms with E-state index in [0.717, 1.165) is 35.7 Å². The molecule has 2 amide bonds. The number of rotatable bonds is 3. The largest absolute Gasteiger partial charge is 0.324 e. The van der Waals surface area contributed by atoms with Gasteiger partial charge in [0.1, 0.15) is 0 Å². The smallest absolute Gasteiger partial charge is 0.286 e. The van der Waals surface area contributed by atoms with Crippen molar-refractivity contribution in [2.24, 2.45) is 0 Å². The van der Waals surface area contributed by atoms with Crippen LogP contribution < -0.4 is 10.2 Å². The maximum absolute atomic E-state index is 12.8. The summed E-state index contributed by atoms with van der Waals surface area (Å²) in [5, 5.41) is 4.03. The van der Waals surface area contributed by atoms with Gasteiger partial charge in [0.15, 0.2) is 0 Å². The van der Waals surface area contributed by atoms with Crippen molar-refractivity contribution in [2.45, 2.75) is 39.0 Å². The summed E-state index contributed by atoms with van der Waals surface area (Å²) in [6, 6.07) is 9.06. The molecule has 0 spiro atoms. The molecule has 8 heteroatoms. The van der Waals surface area contributed by atoms with Crippen molar-refractivity contribution in [3.63, 3.8) is 0 Å². The summed E-state index contributed by atoms with van der Waals surface area (Å²) in [5.41, 5.74) is 3.21. The number of amides is 2. The molecule has 0 aliphatic carbocycles. The number of carbonyl (C=O) groups excluding carboxylic acids is 2. The molecule has 1 N–H and O–H groups in total. The Morgan fingerprint density at radius 3 is 2.50 bits per heavy atom. The first kappa shape index (κ1) is 23.3. The topological polar surface area (TPSA) is 49.4 Å². The minimum absolute atomic E-state index is 0.0206. The Bertz CT molecular complexity index is 989. The van der Waals surface area contributed by atoms with Gasteiger partial charge < -0.3 is 10.2 Å². The molecule has 3 rings (SSSR count). The van der Waals surface area contributed by atoms with Gasteiger partial charge in [-0.1, -0.05) is 73.4 Å². The van der Waals surface area contributed by atoms with E-state index in [1.165, 1.54) is 0 Å². The summed E-state index contributed by atoms with van der Waals surface area (Å²) in [6.45, 7) is 6.84. The van der Waals surface area contributed by atoms with Gasteiger partial charge in [0, 0.05) is 11.6 Å². The standard InChI is InChI=1S/C22H23Cl3N2O2S/c1-22(2,3)14-6-7-18(16(24)10-14)26-19(28)12-30-21(29)27-8-4-5-13-9-15(23)11-17(25)20(13)27/h6-7,9-11H,4-5,8,12H2,1-3H3,(H,26,28). The van der Waals surface area contributed by atoms with Crippen molar-refractivity contribution in [2.75, 3.05) is 22.5 Å². The minimum Gasteiger partial charge on any atom is -0.324 e. The van der Waals surface area contributed by atoms with Gasteiger partial charge in [-0.3, -0.25) is 9.59 Å². The Labute approximate surface area is 196 Å². The lowest BCUT2D eigenvalue weighted by Crippen LogP contribution is -2.33. The van der Waals surface area contributed by atoms with Crippen molar-refractivity contribution >= 4 is 69.1 Å². The van der Waals surface area contributed by atoms with Crippen molar-refractivity contribution in [1.82, 2.24) is 0 Å². The van der Waals surface area contributed by atoms with E-state index >= 15 is 0 Å². The molecule has 0 radical (unpaired) electrons. The number of anilines is 2. The number of nitrogens with zero attached hydrogens (tertiary/aromatic N) is 1. The van der Waals surface area contributed by atoms with Crippen LogP contribution >= 0.6 is 46.6 Å². The van der Waals surface area contributed by atoms with E-state index < -0.39 is 0 Å². The van der Waals surface area contributed by atoms with Gasteiger partial charge in [-0.25, -0.2) is 0 Å². The number of halogens is 3. The van der Waals surface area contributed by atoms with Crippen LogP contribution in [0.4, 0.5) is 16.2 Å². The third-order valence-electron chi connectivity index (χ3n) is 4.86. The highest BCUT2D eigenvalue weighted by Crippen LogP contribution is 2.38. The van der Waals surface area contributed by atoms with Crippen LogP contribution in [0.15, 0.2) is 30.3 Å². The van der Waals surface area contributed by atoms with E-state index in [1.54, 1.807) is 17.0 Å². The maximum atomic E-state index is 12.8. The highest BCUT2D eigenvalue weighted by molar-refractivity contribution is 8.14. The van der Waals surface area contributed by atoms with Gasteiger partial charge in [0.05, 0.1) is 27.2 Å². The minimum atomic E-state index is -0.293. The normalized spacial score (nSPS) is 13.7. The SMILES string of the molecule is CC(C)(C)c1ccc(NC(=O)CSC(=O)N2CCCc3cc(Cl)cc(Cl)c32)c(Cl)c1. The molecule has 0 saturated carbocycles. The van der Waals surface area contributed by atoms with Crippen LogP contribution in [0.2, 0.25) is 15.1 Å². The van der Waals surface area contributed by atoms with Crippen LogP contribution in [0, 0.1) is 0 Å². The Morgan fingerprint density at radius 1 is 1.10 bits per heavy atom. The predicted octanol–water partition coefficient (Wildman–Crippen LogP) is 7.19. The summed E-state index contributed by atoms with van der Waals surface area (Å²) in [7, 11) is 0. The monoisotopic (exact) mass is 484 g/mol. The summed E-state index contributed by atoms with van der Waals surface area (Å²) in [6.07, 6.45) is 1.63. The second kappa shape index (κ2) is 9.39. The van der Waals surface area contributed by atoms with Crippen molar-refractivity contribution in [1.29, 1.82) is 0 Å². The molecule has 0 saturated heterocycles. The lowest BCUT2D eigenvalue weighted by molar-refractivity contribution is -0.113. The van der Waals surface area contributed by atoms with E-state index in [2.05, 4.69) is 26.1 Å². The Balaban J connectivity index is 1.63. The number of benzene rings is 2. The van der Waals surface area contributed by atoms with Crippen LogP contribution in [-0.4, -0.2) is 23.4 Å². The first-order valence-electron chi connectivity index (χ1n) is 9.58. The van der Waals surface area contributed by atoms with Gasteiger partial charge in [-0.2, -0.15) is 0 Å². The van der Waals surface area contributed by atoms with Crippen molar-refractivity contribution < 1.29 is 9.59 Å². The zero-order chi connectivity index (χ0) is 22.1. The molecule has 2 aromatic rings. The number of nitrogens with one attached hydrogen (secondary N) is 1. The Hall–Kier alpha value is -1.40. The Morgan fingerprint density at radius 2 is 1.83 bits per heavy atom. The molecule has 160 valence electrons. The summed E-state index contributed by atoms with van der Waals surface area (Å²) < 4.78 is 0. The van der Waals surface area contributed by atoms with E-state index in [0.29, 0.717) is 33.0 Å². The molecule has 0 fully saturated rings. The number of hydrogen-bond donors (Lipinski definition) is 1. The van der Waals surface area contributed by atoms with E-state index in [4.69, 9.17) is 34.8 Å². The molecule has 30 heavy (non-hydrogen) atoms. The third kappa shape index (κ3) is 5.44. The average molecular weight is 486 g/mol. The van der Waals surface area contributed by atoms with E-state index in [1.807, 2.05) is 18.2 Å². The second-order valence-electron chi connectivity index (χ2n) is 8.20. The zero-order valence-electron chi connectivity index (χ0n) is 17.0. The van der Waals surface area contributed by atoms with Crippen molar-refractivity contribution in [3.05, 3.63) is 56.5 Å². The number of carbonyl (C=O) groups is 2. The molecule has 0 unspecified atom stereocenters. The van der Waals surface area contributed by atoms with Gasteiger partial charge >= 0.3 is 0 Å². The summed E-state index contributed by atoms with van der Waals surface area (Å²) in [4.78, 5) is 26.8. The third-order valence-corrected chi connectivity index (χ3v) is 6.55. The zero-order valence-corrected chi connectivity index (χ0v) is 20.1. The van der Waals surface area contributed by atoms with Crippen molar-refractivity contribution in [3.8, 4) is 0 Å². The predicted molar refractivity (Wildman–Crippen MR) is 129 cm³/mol. The van der Waals surface area contributed by atoms with Gasteiger partial charge in [0.2, 0.25) is 5.91 Å². The average Bonchev–Trinajstić information content (AvgIpc) is 2.66. The molecule has 2 aromatic carbocycles. The van der Waals surface area contributed by atoms with Gasteiger partial charge in [0.25, 0.3) is 5.24 Å². The molecule has 0 bridgehead atoms. The lowest BCUT2D eigenvalue weighted by atomic mass is 9.87. The molecule has 1 heterocycles. The quantitative estimate of drug-likeness (QED) is 0.500. The van der Waals surface area contributed by atoms with Crippen LogP contribution in [0.25, 0.3) is 0 Å². The maximum Gasteiger partial charge on any atom is 0.286 e. The molecule has 0 aromatic heterocycles. The summed E-state index contributed by atoms with van der Waals surface area (Å²) in [5.74, 6) is -0.314. The highest BCUT2D eigenvalue weighted by Gasteiger charge is 2.26. The fraction of sp³-hybridized carbons (Fsp3) is 0.364. The molecular weight excluding hydrogens is 463 g/mol. The molecule has 1 aliphatic rings. The Kier molecular flexibility index (Phi) is 7.28. The molecule has 4 nitrogen and oxygen atoms in total. The molecule has 1 aliphatic heterocycles. The summed E-state index contributed by atoms with van der Waals surface area (Å²) >= 11 is 19.7. The fourth-order valence-electron chi connectivity index (χ4n) is 3.31. The van der Waals surface area contributed by atoms with E-state index in [-0.39, 0.29) is 22.3 Å². The van der Waals surface area contributed by atoms with Gasteiger partial charge in [-0.15, -0.1) is 0 Å². The second-order valence-corrected chi connectivity index (χ2v) is 10.4. The molecule has 0 atom stereocenters. The molecular formula is C22H23Cl3N2O2S. The van der Waals surface area contributed by atoms with Crippen LogP contribution in [0.5, 0.6) is 0 Å². The lowest BCUT2D eigenvalue weighted by Gasteiger charge is -2.30. The van der Waals surface area contributed by atoms with E-state index in [9.17, 15) is 9.59 Å². The first-order valence-corrected chi connectivity index (χ1v) is 11.7. The highest BCUT2D eigenvalue weighted by atomic mass is 35.5. The van der Waals surface area contributed by atoms with Crippen LogP contribution in [0.1, 0.15) is 38.3 Å². The number of fused-ring (bicyclic) bond motifs is 1. The van der Waals surface area contributed by atoms with Gasteiger partial charge in [-0.05, 0) is 53.6 Å². The van der Waals surface area contributed by atoms with Crippen LogP contribution in [0.3, 0.4) is 0 Å². The number of thioether (sulfide) groups is 1. The first-order chi connectivity index (χ1) is 14.1. The number of hydrogen-bond acceptors (Lipinski definition) is 3. The van der Waals surface area contributed by atoms with Crippen LogP contribution in [-0.2, 0) is 16.6 Å². The number of aryl methyl sites for hydroxylation is 1.